The molecule has 0 radical (unpaired) electrons. The van der Waals surface area contributed by atoms with Crippen LogP contribution in [-0.4, -0.2) is 36.5 Å². The third-order valence-corrected chi connectivity index (χ3v) is 4.22. The second-order valence-electron chi connectivity index (χ2n) is 5.75. The molecule has 0 atom stereocenters. The predicted octanol–water partition coefficient (Wildman–Crippen LogP) is 2.80. The Bertz CT molecular complexity index is 676. The summed E-state index contributed by atoms with van der Waals surface area (Å²) in [7, 11) is 0. The van der Waals surface area contributed by atoms with Crippen LogP contribution in [0.2, 0.25) is 0 Å². The number of benzene rings is 2. The lowest BCUT2D eigenvalue weighted by Crippen LogP contribution is -2.42. The smallest absolute Gasteiger partial charge is 0.254 e. The fourth-order valence-electron chi connectivity index (χ4n) is 2.98. The molecule has 1 fully saturated rings. The van der Waals surface area contributed by atoms with Gasteiger partial charge in [-0.15, -0.1) is 0 Å². The summed E-state index contributed by atoms with van der Waals surface area (Å²) in [6.07, 6.45) is 1.76. The molecule has 0 unspecified atom stereocenters. The van der Waals surface area contributed by atoms with Crippen LogP contribution in [-0.2, 0) is 0 Å². The number of carbonyl (C=O) groups excluding carboxylic acids is 1. The van der Waals surface area contributed by atoms with E-state index in [1.165, 1.54) is 0 Å². The van der Waals surface area contributed by atoms with Crippen LogP contribution in [0.3, 0.4) is 0 Å². The second kappa shape index (κ2) is 6.36. The van der Waals surface area contributed by atoms with Gasteiger partial charge in [0.1, 0.15) is 5.75 Å². The van der Waals surface area contributed by atoms with Crippen LogP contribution in [0.15, 0.2) is 36.4 Å². The Morgan fingerprint density at radius 1 is 1.27 bits per heavy atom. The van der Waals surface area contributed by atoms with E-state index < -0.39 is 0 Å². The lowest BCUT2D eigenvalue weighted by molar-refractivity contribution is 0.0717. The Morgan fingerprint density at radius 3 is 2.77 bits per heavy atom. The fourth-order valence-corrected chi connectivity index (χ4v) is 2.98. The van der Waals surface area contributed by atoms with Crippen LogP contribution in [0.25, 0.3) is 10.8 Å². The number of likely N-dealkylation sites (tertiary alicyclic amines) is 1. The van der Waals surface area contributed by atoms with Crippen molar-refractivity contribution in [1.29, 1.82) is 0 Å². The van der Waals surface area contributed by atoms with Gasteiger partial charge in [-0.25, -0.2) is 0 Å². The fraction of sp³-hybridized carbons (Fsp3) is 0.389. The number of nitrogens with two attached hydrogens (primary N) is 1. The van der Waals surface area contributed by atoms with E-state index in [0.29, 0.717) is 6.61 Å². The van der Waals surface area contributed by atoms with Gasteiger partial charge in [0.2, 0.25) is 0 Å². The highest BCUT2D eigenvalue weighted by Gasteiger charge is 2.22. The molecule has 4 nitrogen and oxygen atoms in total. The first-order valence-electron chi connectivity index (χ1n) is 7.89. The van der Waals surface area contributed by atoms with Crippen molar-refractivity contribution in [3.63, 3.8) is 0 Å². The molecule has 2 aromatic rings. The molecule has 1 aliphatic rings. The topological polar surface area (TPSA) is 55.6 Å². The molecule has 0 aromatic heterocycles. The summed E-state index contributed by atoms with van der Waals surface area (Å²) in [6, 6.07) is 12.0. The highest BCUT2D eigenvalue weighted by atomic mass is 16.5. The predicted molar refractivity (Wildman–Crippen MR) is 88.2 cm³/mol. The number of hydrogen-bond acceptors (Lipinski definition) is 3. The van der Waals surface area contributed by atoms with Crippen LogP contribution >= 0.6 is 0 Å². The Balaban J connectivity index is 1.91. The molecule has 3 rings (SSSR count). The molecule has 2 N–H and O–H groups in total. The molecule has 1 saturated heterocycles. The molecule has 22 heavy (non-hydrogen) atoms. The highest BCUT2D eigenvalue weighted by Crippen LogP contribution is 2.25. The van der Waals surface area contributed by atoms with Crippen molar-refractivity contribution < 1.29 is 9.53 Å². The second-order valence-corrected chi connectivity index (χ2v) is 5.75. The number of fused-ring (bicyclic) bond motifs is 1. The molecule has 116 valence electrons. The first kappa shape index (κ1) is 14.9. The zero-order valence-electron chi connectivity index (χ0n) is 12.9. The third-order valence-electron chi connectivity index (χ3n) is 4.22. The quantitative estimate of drug-likeness (QED) is 0.948. The van der Waals surface area contributed by atoms with Gasteiger partial charge in [-0.05, 0) is 54.8 Å². The molecular formula is C18H22N2O2. The van der Waals surface area contributed by atoms with Gasteiger partial charge >= 0.3 is 0 Å². The average Bonchev–Trinajstić information content (AvgIpc) is 2.54. The van der Waals surface area contributed by atoms with Crippen molar-refractivity contribution in [2.75, 3.05) is 19.7 Å². The van der Waals surface area contributed by atoms with Crippen molar-refractivity contribution in [2.24, 2.45) is 5.73 Å². The number of carbonyl (C=O) groups is 1. The Kier molecular flexibility index (Phi) is 4.29. The van der Waals surface area contributed by atoms with Gasteiger partial charge in [0.05, 0.1) is 6.61 Å². The molecule has 1 aliphatic heterocycles. The molecule has 1 heterocycles. The maximum absolute atomic E-state index is 12.8. The van der Waals surface area contributed by atoms with Gasteiger partial charge < -0.3 is 15.4 Å². The Hall–Kier alpha value is -2.07. The minimum atomic E-state index is 0.0988. The lowest BCUT2D eigenvalue weighted by atomic mass is 10.0. The van der Waals surface area contributed by atoms with E-state index in [1.807, 2.05) is 48.2 Å². The van der Waals surface area contributed by atoms with Gasteiger partial charge in [-0.1, -0.05) is 12.1 Å². The summed E-state index contributed by atoms with van der Waals surface area (Å²) in [6.45, 7) is 4.09. The average molecular weight is 298 g/mol. The molecule has 1 amide bonds. The molecule has 2 aromatic carbocycles. The van der Waals surface area contributed by atoms with Gasteiger partial charge in [0.15, 0.2) is 0 Å². The first-order chi connectivity index (χ1) is 10.7. The summed E-state index contributed by atoms with van der Waals surface area (Å²) < 4.78 is 5.53. The van der Waals surface area contributed by atoms with E-state index in [4.69, 9.17) is 10.5 Å². The van der Waals surface area contributed by atoms with E-state index >= 15 is 0 Å². The number of piperidine rings is 1. The molecule has 0 aliphatic carbocycles. The monoisotopic (exact) mass is 298 g/mol. The van der Waals surface area contributed by atoms with Gasteiger partial charge in [-0.2, -0.15) is 0 Å². The normalized spacial score (nSPS) is 16.0. The number of nitrogens with zero attached hydrogens (tertiary/aromatic N) is 1. The summed E-state index contributed by atoms with van der Waals surface area (Å²) >= 11 is 0. The largest absolute Gasteiger partial charge is 0.494 e. The lowest BCUT2D eigenvalue weighted by Gasteiger charge is -2.30. The Labute approximate surface area is 130 Å². The minimum absolute atomic E-state index is 0.0988. The van der Waals surface area contributed by atoms with Crippen molar-refractivity contribution in [3.8, 4) is 5.75 Å². The van der Waals surface area contributed by atoms with E-state index in [0.717, 1.165) is 48.0 Å². The van der Waals surface area contributed by atoms with E-state index in [9.17, 15) is 4.79 Å². The summed E-state index contributed by atoms with van der Waals surface area (Å²) in [5, 5.41) is 2.01. The van der Waals surface area contributed by atoms with Crippen molar-refractivity contribution in [3.05, 3.63) is 42.0 Å². The van der Waals surface area contributed by atoms with Crippen LogP contribution in [0.1, 0.15) is 30.1 Å². The van der Waals surface area contributed by atoms with Crippen molar-refractivity contribution >= 4 is 16.7 Å². The maximum atomic E-state index is 12.8. The van der Waals surface area contributed by atoms with E-state index in [1.54, 1.807) is 0 Å². The van der Waals surface area contributed by atoms with E-state index in [2.05, 4.69) is 0 Å². The van der Waals surface area contributed by atoms with Crippen molar-refractivity contribution in [1.82, 2.24) is 4.90 Å². The minimum Gasteiger partial charge on any atom is -0.494 e. The van der Waals surface area contributed by atoms with E-state index in [-0.39, 0.29) is 11.9 Å². The number of ether oxygens (including phenoxy) is 1. The molecule has 4 heteroatoms. The summed E-state index contributed by atoms with van der Waals surface area (Å²) in [5.41, 5.74) is 6.68. The van der Waals surface area contributed by atoms with Gasteiger partial charge in [0, 0.05) is 24.7 Å². The first-order valence-corrected chi connectivity index (χ1v) is 7.89. The zero-order valence-corrected chi connectivity index (χ0v) is 12.9. The summed E-state index contributed by atoms with van der Waals surface area (Å²) in [4.78, 5) is 14.7. The van der Waals surface area contributed by atoms with Gasteiger partial charge in [-0.3, -0.25) is 4.79 Å². The maximum Gasteiger partial charge on any atom is 0.254 e. The van der Waals surface area contributed by atoms with Gasteiger partial charge in [0.25, 0.3) is 5.91 Å². The molecular weight excluding hydrogens is 276 g/mol. The zero-order chi connectivity index (χ0) is 15.5. The number of hydrogen-bond donors (Lipinski definition) is 1. The standard InChI is InChI=1S/C18H22N2O2/c1-2-22-15-6-7-16-13(12-15)4-3-5-17(16)18(21)20-10-8-14(19)9-11-20/h3-7,12,14H,2,8-11,19H2,1H3. The molecule has 0 saturated carbocycles. The van der Waals surface area contributed by atoms with Crippen LogP contribution in [0.4, 0.5) is 0 Å². The van der Waals surface area contributed by atoms with Crippen molar-refractivity contribution in [2.45, 2.75) is 25.8 Å². The highest BCUT2D eigenvalue weighted by molar-refractivity contribution is 6.07. The Morgan fingerprint density at radius 2 is 2.05 bits per heavy atom. The number of rotatable bonds is 3. The SMILES string of the molecule is CCOc1ccc2c(C(=O)N3CCC(N)CC3)cccc2c1. The van der Waals surface area contributed by atoms with Crippen LogP contribution in [0.5, 0.6) is 5.75 Å². The third kappa shape index (κ3) is 2.92. The molecule has 0 spiro atoms. The van der Waals surface area contributed by atoms with Crippen LogP contribution < -0.4 is 10.5 Å². The number of amides is 1. The molecule has 0 bridgehead atoms. The summed E-state index contributed by atoms with van der Waals surface area (Å²) in [5.74, 6) is 0.935. The van der Waals surface area contributed by atoms with Crippen LogP contribution in [0, 0.1) is 0 Å².